The van der Waals surface area contributed by atoms with Gasteiger partial charge in [0, 0.05) is 30.1 Å². The number of aliphatic hydroxyl groups is 1. The average Bonchev–Trinajstić information content (AvgIpc) is 2.87. The summed E-state index contributed by atoms with van der Waals surface area (Å²) in [5.74, 6) is 0. The van der Waals surface area contributed by atoms with Gasteiger partial charge in [0.25, 0.3) is 0 Å². The standard InChI is InChI=1S/C19H24N2O/c22-18-5-1-8-19(18)9-3-11-21(14-19)13-15-6-7-17-16(12-15)4-2-10-20-17/h2,4,6-7,10,12,18,22H,1,3,5,8-9,11,13-14H2/t18-,19-/m1/s1. The summed E-state index contributed by atoms with van der Waals surface area (Å²) in [7, 11) is 0. The summed E-state index contributed by atoms with van der Waals surface area (Å²) in [6.45, 7) is 3.19. The summed E-state index contributed by atoms with van der Waals surface area (Å²) in [5, 5.41) is 11.6. The molecule has 116 valence electrons. The van der Waals surface area contributed by atoms with Crippen molar-refractivity contribution in [1.29, 1.82) is 0 Å². The topological polar surface area (TPSA) is 36.4 Å². The van der Waals surface area contributed by atoms with Crippen molar-refractivity contribution in [3.05, 3.63) is 42.1 Å². The Balaban J connectivity index is 1.52. The second-order valence-corrected chi connectivity index (χ2v) is 7.12. The highest BCUT2D eigenvalue weighted by Crippen LogP contribution is 2.45. The highest BCUT2D eigenvalue weighted by Gasteiger charge is 2.44. The van der Waals surface area contributed by atoms with Crippen molar-refractivity contribution < 1.29 is 5.11 Å². The molecule has 2 heterocycles. The van der Waals surface area contributed by atoms with Crippen LogP contribution >= 0.6 is 0 Å². The van der Waals surface area contributed by atoms with E-state index in [0.29, 0.717) is 0 Å². The third-order valence-electron chi connectivity index (χ3n) is 5.62. The smallest absolute Gasteiger partial charge is 0.0702 e. The third-order valence-corrected chi connectivity index (χ3v) is 5.62. The molecule has 1 saturated carbocycles. The molecular formula is C19H24N2O. The molecule has 4 rings (SSSR count). The van der Waals surface area contributed by atoms with Crippen molar-refractivity contribution in [3.63, 3.8) is 0 Å². The number of likely N-dealkylation sites (tertiary alicyclic amines) is 1. The van der Waals surface area contributed by atoms with Gasteiger partial charge in [-0.2, -0.15) is 0 Å². The Kier molecular flexibility index (Phi) is 3.63. The minimum atomic E-state index is -0.0869. The Bertz CT molecular complexity index is 671. The first-order valence-electron chi connectivity index (χ1n) is 8.49. The summed E-state index contributed by atoms with van der Waals surface area (Å²) in [4.78, 5) is 6.93. The Morgan fingerprint density at radius 3 is 3.00 bits per heavy atom. The molecule has 1 saturated heterocycles. The van der Waals surface area contributed by atoms with E-state index in [1.807, 2.05) is 12.3 Å². The maximum Gasteiger partial charge on any atom is 0.0702 e. The predicted molar refractivity (Wildman–Crippen MR) is 88.5 cm³/mol. The van der Waals surface area contributed by atoms with E-state index < -0.39 is 0 Å². The highest BCUT2D eigenvalue weighted by atomic mass is 16.3. The molecule has 1 aliphatic carbocycles. The number of piperidine rings is 1. The van der Waals surface area contributed by atoms with E-state index in [0.717, 1.165) is 31.6 Å². The van der Waals surface area contributed by atoms with Gasteiger partial charge in [0.2, 0.25) is 0 Å². The van der Waals surface area contributed by atoms with E-state index >= 15 is 0 Å². The highest BCUT2D eigenvalue weighted by molar-refractivity contribution is 5.78. The number of aromatic nitrogens is 1. The summed E-state index contributed by atoms with van der Waals surface area (Å²) in [5.41, 5.74) is 2.59. The molecular weight excluding hydrogens is 272 g/mol. The Morgan fingerprint density at radius 1 is 1.23 bits per heavy atom. The summed E-state index contributed by atoms with van der Waals surface area (Å²) in [6, 6.07) is 10.7. The largest absolute Gasteiger partial charge is 0.393 e. The quantitative estimate of drug-likeness (QED) is 0.923. The molecule has 1 aromatic carbocycles. The fraction of sp³-hybridized carbons (Fsp3) is 0.526. The number of rotatable bonds is 2. The normalized spacial score (nSPS) is 29.4. The van der Waals surface area contributed by atoms with E-state index in [1.54, 1.807) is 0 Å². The van der Waals surface area contributed by atoms with Crippen LogP contribution < -0.4 is 0 Å². The lowest BCUT2D eigenvalue weighted by molar-refractivity contribution is -0.0120. The first-order chi connectivity index (χ1) is 10.8. The second kappa shape index (κ2) is 5.64. The molecule has 0 bridgehead atoms. The minimum Gasteiger partial charge on any atom is -0.393 e. The maximum atomic E-state index is 10.4. The van der Waals surface area contributed by atoms with Crippen LogP contribution in [0.1, 0.15) is 37.7 Å². The molecule has 0 unspecified atom stereocenters. The number of nitrogens with zero attached hydrogens (tertiary/aromatic N) is 2. The van der Waals surface area contributed by atoms with Gasteiger partial charge >= 0.3 is 0 Å². The van der Waals surface area contributed by atoms with Crippen LogP contribution in [0.25, 0.3) is 10.9 Å². The predicted octanol–water partition coefficient (Wildman–Crippen LogP) is 3.36. The van der Waals surface area contributed by atoms with Crippen LogP contribution in [-0.4, -0.2) is 34.2 Å². The molecule has 3 nitrogen and oxygen atoms in total. The van der Waals surface area contributed by atoms with Crippen LogP contribution in [0.15, 0.2) is 36.5 Å². The first kappa shape index (κ1) is 14.2. The van der Waals surface area contributed by atoms with E-state index in [4.69, 9.17) is 0 Å². The van der Waals surface area contributed by atoms with Crippen LogP contribution in [0.5, 0.6) is 0 Å². The zero-order chi connectivity index (χ0) is 15.0. The van der Waals surface area contributed by atoms with Gasteiger partial charge < -0.3 is 5.11 Å². The van der Waals surface area contributed by atoms with Crippen LogP contribution in [0.3, 0.4) is 0 Å². The molecule has 0 amide bonds. The molecule has 0 radical (unpaired) electrons. The molecule has 22 heavy (non-hydrogen) atoms. The molecule has 1 aromatic heterocycles. The van der Waals surface area contributed by atoms with E-state index in [2.05, 4.69) is 34.1 Å². The van der Waals surface area contributed by atoms with Gasteiger partial charge in [-0.25, -0.2) is 0 Å². The van der Waals surface area contributed by atoms with Crippen molar-refractivity contribution in [2.75, 3.05) is 13.1 Å². The average molecular weight is 296 g/mol. The van der Waals surface area contributed by atoms with Gasteiger partial charge in [0.15, 0.2) is 0 Å². The van der Waals surface area contributed by atoms with Crippen LogP contribution in [-0.2, 0) is 6.54 Å². The van der Waals surface area contributed by atoms with Gasteiger partial charge in [-0.05, 0) is 56.0 Å². The summed E-state index contributed by atoms with van der Waals surface area (Å²) in [6.07, 6.45) is 7.56. The second-order valence-electron chi connectivity index (χ2n) is 7.12. The number of fused-ring (bicyclic) bond motifs is 1. The molecule has 1 N–H and O–H groups in total. The zero-order valence-corrected chi connectivity index (χ0v) is 13.0. The zero-order valence-electron chi connectivity index (χ0n) is 13.0. The Hall–Kier alpha value is -1.45. The van der Waals surface area contributed by atoms with Crippen molar-refractivity contribution >= 4 is 10.9 Å². The van der Waals surface area contributed by atoms with Gasteiger partial charge in [0.1, 0.15) is 0 Å². The summed E-state index contributed by atoms with van der Waals surface area (Å²) < 4.78 is 0. The molecule has 2 aliphatic rings. The van der Waals surface area contributed by atoms with E-state index in [9.17, 15) is 5.11 Å². The van der Waals surface area contributed by atoms with Gasteiger partial charge in [-0.15, -0.1) is 0 Å². The monoisotopic (exact) mass is 296 g/mol. The first-order valence-corrected chi connectivity index (χ1v) is 8.49. The lowest BCUT2D eigenvalue weighted by atomic mass is 9.76. The Morgan fingerprint density at radius 2 is 2.14 bits per heavy atom. The fourth-order valence-corrected chi connectivity index (χ4v) is 4.47. The van der Waals surface area contributed by atoms with Gasteiger partial charge in [-0.3, -0.25) is 9.88 Å². The number of pyridine rings is 1. The van der Waals surface area contributed by atoms with Crippen molar-refractivity contribution in [1.82, 2.24) is 9.88 Å². The SMILES string of the molecule is O[C@@H]1CCC[C@]12CCCN(Cc1ccc3ncccc3c1)C2. The van der Waals surface area contributed by atoms with E-state index in [1.165, 1.54) is 36.6 Å². The molecule has 2 atom stereocenters. The minimum absolute atomic E-state index is 0.0869. The fourth-order valence-electron chi connectivity index (χ4n) is 4.47. The van der Waals surface area contributed by atoms with Crippen LogP contribution in [0.4, 0.5) is 0 Å². The maximum absolute atomic E-state index is 10.4. The van der Waals surface area contributed by atoms with Crippen molar-refractivity contribution in [2.24, 2.45) is 5.41 Å². The number of aliphatic hydroxyl groups excluding tert-OH is 1. The van der Waals surface area contributed by atoms with Gasteiger partial charge in [-0.1, -0.05) is 18.6 Å². The number of hydrogen-bond acceptors (Lipinski definition) is 3. The molecule has 2 aromatic rings. The summed E-state index contributed by atoms with van der Waals surface area (Å²) >= 11 is 0. The van der Waals surface area contributed by atoms with Crippen molar-refractivity contribution in [3.8, 4) is 0 Å². The third kappa shape index (κ3) is 2.53. The molecule has 1 aliphatic heterocycles. The van der Waals surface area contributed by atoms with E-state index in [-0.39, 0.29) is 11.5 Å². The van der Waals surface area contributed by atoms with Crippen LogP contribution in [0.2, 0.25) is 0 Å². The number of hydrogen-bond donors (Lipinski definition) is 1. The lowest BCUT2D eigenvalue weighted by Crippen LogP contribution is -2.46. The number of benzene rings is 1. The van der Waals surface area contributed by atoms with Gasteiger partial charge in [0.05, 0.1) is 11.6 Å². The van der Waals surface area contributed by atoms with Crippen LogP contribution in [0, 0.1) is 5.41 Å². The molecule has 1 spiro atoms. The molecule has 3 heteroatoms. The van der Waals surface area contributed by atoms with Crippen molar-refractivity contribution in [2.45, 2.75) is 44.8 Å². The molecule has 2 fully saturated rings. The lowest BCUT2D eigenvalue weighted by Gasteiger charge is -2.42. The Labute approximate surface area is 132 Å².